The molecule has 462 valence electrons. The van der Waals surface area contributed by atoms with E-state index in [-0.39, 0.29) is 43.7 Å². The summed E-state index contributed by atoms with van der Waals surface area (Å²) in [5, 5.41) is 30.5. The maximum absolute atomic E-state index is 15.5. The van der Waals surface area contributed by atoms with Gasteiger partial charge in [-0.1, -0.05) is 37.3 Å². The molecule has 8 amide bonds. The molecule has 25 nitrogen and oxygen atoms in total. The fourth-order valence-corrected chi connectivity index (χ4v) is 10.8. The van der Waals surface area contributed by atoms with Crippen LogP contribution in [0.1, 0.15) is 105 Å². The van der Waals surface area contributed by atoms with Crippen molar-refractivity contribution in [2.24, 2.45) is 0 Å². The monoisotopic (exact) mass is 1200 g/mol. The Morgan fingerprint density at radius 1 is 0.897 bits per heavy atom. The zero-order valence-corrected chi connectivity index (χ0v) is 49.6. The van der Waals surface area contributed by atoms with E-state index in [0.717, 1.165) is 17.1 Å². The molecule has 27 heteroatoms. The molecule has 0 saturated carbocycles. The van der Waals surface area contributed by atoms with Gasteiger partial charge in [-0.25, -0.2) is 14.2 Å². The van der Waals surface area contributed by atoms with E-state index < -0.39 is 132 Å². The van der Waals surface area contributed by atoms with Crippen LogP contribution in [0.2, 0.25) is 0 Å². The third-order valence-corrected chi connectivity index (χ3v) is 16.1. The Bertz CT molecular complexity index is 3470. The lowest BCUT2D eigenvalue weighted by molar-refractivity contribution is -0.172. The van der Waals surface area contributed by atoms with E-state index in [2.05, 4.69) is 37.2 Å². The van der Waals surface area contributed by atoms with E-state index in [0.29, 0.717) is 88.9 Å². The van der Waals surface area contributed by atoms with Gasteiger partial charge < -0.3 is 65.8 Å². The van der Waals surface area contributed by atoms with E-state index in [1.165, 1.54) is 24.7 Å². The van der Waals surface area contributed by atoms with Crippen molar-refractivity contribution < 1.29 is 71.6 Å². The number of hydrogen-bond donors (Lipinski definition) is 8. The summed E-state index contributed by atoms with van der Waals surface area (Å²) in [6.07, 6.45) is 2.48. The summed E-state index contributed by atoms with van der Waals surface area (Å²) in [6, 6.07) is 8.28. The number of pyridine rings is 2. The van der Waals surface area contributed by atoms with Crippen molar-refractivity contribution >= 4 is 72.0 Å². The number of fused-ring (bicyclic) bond motifs is 5. The first-order valence-corrected chi connectivity index (χ1v) is 28.7. The smallest absolute Gasteiger partial charge is 0.343 e. The number of methoxy groups -OCH3 is 1. The number of esters is 1. The van der Waals surface area contributed by atoms with Gasteiger partial charge in [-0.15, -0.1) is 0 Å². The summed E-state index contributed by atoms with van der Waals surface area (Å²) in [5.74, 6) is -7.24. The summed E-state index contributed by atoms with van der Waals surface area (Å²) in [4.78, 5) is 138. The summed E-state index contributed by atoms with van der Waals surface area (Å²) in [7, 11) is 7.53. The van der Waals surface area contributed by atoms with Crippen LogP contribution in [0.3, 0.4) is 0 Å². The SMILES string of the molecule is [B]C(C)(CCOC(C)(C)CCNC[C@@H](C(=O)NCC(=O)NCC(=O)N[C@@H](Cc1ccccc1)C(=O)NCC(=O)NCO[C@H](C)C(=O)N[C@H]1CCc2c(C)c(F)cc3nc4c(c1c23)Cn1c-4cc2c(c1=O)COC(=O)[C@]2(O)CC)N1C(=O)C=CC1=O)OC. The minimum absolute atomic E-state index is 0.0181. The summed E-state index contributed by atoms with van der Waals surface area (Å²) in [5.41, 5.74) is 0.188. The number of halogens is 1. The van der Waals surface area contributed by atoms with Crippen molar-refractivity contribution in [1.29, 1.82) is 0 Å². The number of carbonyl (C=O) groups is 9. The number of aromatic nitrogens is 2. The van der Waals surface area contributed by atoms with Crippen LogP contribution in [0.4, 0.5) is 4.39 Å². The van der Waals surface area contributed by atoms with Crippen molar-refractivity contribution in [3.8, 4) is 11.4 Å². The van der Waals surface area contributed by atoms with Crippen LogP contribution >= 0.6 is 0 Å². The number of amides is 8. The number of hydrogen-bond acceptors (Lipinski definition) is 17. The number of benzene rings is 2. The number of ether oxygens (including phenoxy) is 4. The lowest BCUT2D eigenvalue weighted by atomic mass is 9.81. The molecule has 5 heterocycles. The normalized spacial score (nSPS) is 18.3. The average Bonchev–Trinajstić information content (AvgIpc) is 1.97. The Kier molecular flexibility index (Phi) is 20.3. The molecule has 0 spiro atoms. The second-order valence-corrected chi connectivity index (χ2v) is 22.7. The van der Waals surface area contributed by atoms with E-state index in [4.69, 9.17) is 31.8 Å². The first-order valence-electron chi connectivity index (χ1n) is 28.7. The average molecular weight is 1200 g/mol. The van der Waals surface area contributed by atoms with E-state index in [1.54, 1.807) is 57.2 Å². The highest BCUT2D eigenvalue weighted by Crippen LogP contribution is 2.46. The van der Waals surface area contributed by atoms with Crippen LogP contribution in [0.25, 0.3) is 22.3 Å². The van der Waals surface area contributed by atoms with E-state index in [9.17, 15) is 53.1 Å². The van der Waals surface area contributed by atoms with E-state index >= 15 is 4.39 Å². The Balaban J connectivity index is 0.819. The number of aliphatic hydroxyl groups is 1. The zero-order chi connectivity index (χ0) is 63.1. The fraction of sp³-hybridized carbons (Fsp3) is 0.483. The van der Waals surface area contributed by atoms with Crippen molar-refractivity contribution in [3.05, 3.63) is 110 Å². The topological polar surface area (TPSA) is 333 Å². The first kappa shape index (κ1) is 64.8. The number of carbonyl (C=O) groups excluding carboxylic acids is 9. The van der Waals surface area contributed by atoms with Crippen LogP contribution in [0, 0.1) is 12.7 Å². The third kappa shape index (κ3) is 14.8. The molecule has 0 fully saturated rings. The standard InChI is InChI=1S/C60H72BFN10O15/c1-8-60(83)38-23-43-52-36(29-71(43)56(81)37(38)30-85-57(60)82)51-40(15-14-35-32(2)39(62)24-41(69-52)50(35)51)70-53(78)33(3)86-31-67-46(74)27-65-54(79)42(22-34-12-10-9-11-13-34)68-47(75)28-64-45(73)26-66-55(80)44(72-48(76)16-17-49(72)77)25-63-20-18-58(4,5)87-21-19-59(6,61)84-7/h9-13,16-17,23-24,33,40,42,44,63,83H,8,14-15,18-22,25-31H2,1-7H3,(H,64,73)(H,65,79)(H,66,80)(H,67,74)(H,68,75)(H,70,78)/t33-,40+,42+,44+,59?,60+/m1/s1. The molecule has 4 aliphatic rings. The van der Waals surface area contributed by atoms with Crippen molar-refractivity contribution in [2.75, 3.05) is 53.2 Å². The number of rotatable bonds is 28. The number of aryl methyl sites for hydroxylation is 1. The lowest BCUT2D eigenvalue weighted by Gasteiger charge is -2.31. The van der Waals surface area contributed by atoms with Crippen LogP contribution in [-0.4, -0.2) is 163 Å². The molecule has 87 heavy (non-hydrogen) atoms. The molecule has 2 radical (unpaired) electrons. The van der Waals surface area contributed by atoms with Crippen LogP contribution in [0.15, 0.2) is 59.4 Å². The number of imide groups is 1. The van der Waals surface area contributed by atoms with Gasteiger partial charge in [-0.2, -0.15) is 0 Å². The molecule has 4 aromatic rings. The predicted octanol–water partition coefficient (Wildman–Crippen LogP) is 0.175. The second kappa shape index (κ2) is 27.2. The summed E-state index contributed by atoms with van der Waals surface area (Å²) in [6.45, 7) is 8.09. The van der Waals surface area contributed by atoms with Crippen LogP contribution in [0.5, 0.6) is 0 Å². The second-order valence-electron chi connectivity index (χ2n) is 22.7. The van der Waals surface area contributed by atoms with Gasteiger partial charge in [0, 0.05) is 66.9 Å². The molecule has 0 saturated heterocycles. The largest absolute Gasteiger partial charge is 0.458 e. The van der Waals surface area contributed by atoms with Gasteiger partial charge in [-0.05, 0) is 102 Å². The van der Waals surface area contributed by atoms with Gasteiger partial charge in [0.15, 0.2) is 5.60 Å². The maximum atomic E-state index is 15.5. The predicted molar refractivity (Wildman–Crippen MR) is 311 cm³/mol. The molecule has 2 aromatic heterocycles. The molecular formula is C60H72BFN10O15. The van der Waals surface area contributed by atoms with Crippen molar-refractivity contribution in [1.82, 2.24) is 51.7 Å². The third-order valence-electron chi connectivity index (χ3n) is 16.1. The molecule has 1 aliphatic carbocycles. The highest BCUT2D eigenvalue weighted by molar-refractivity contribution is 6.15. The van der Waals surface area contributed by atoms with Crippen LogP contribution < -0.4 is 42.8 Å². The molecule has 1 unspecified atom stereocenters. The Hall–Kier alpha value is -8.24. The van der Waals surface area contributed by atoms with Gasteiger partial charge in [0.2, 0.25) is 35.4 Å². The number of nitrogens with zero attached hydrogens (tertiary/aromatic N) is 3. The van der Waals surface area contributed by atoms with Gasteiger partial charge in [0.1, 0.15) is 45.2 Å². The molecule has 8 rings (SSSR count). The van der Waals surface area contributed by atoms with Gasteiger partial charge in [0.05, 0.1) is 60.3 Å². The highest BCUT2D eigenvalue weighted by Gasteiger charge is 2.46. The molecule has 2 aromatic carbocycles. The molecular weight excluding hydrogens is 1130 g/mol. The lowest BCUT2D eigenvalue weighted by Crippen LogP contribution is -2.56. The fourth-order valence-electron chi connectivity index (χ4n) is 10.8. The first-order chi connectivity index (χ1) is 41.3. The van der Waals surface area contributed by atoms with Gasteiger partial charge >= 0.3 is 5.97 Å². The van der Waals surface area contributed by atoms with Crippen LogP contribution in [-0.2, 0) is 93.7 Å². The maximum Gasteiger partial charge on any atom is 0.343 e. The molecule has 8 N–H and O–H groups in total. The van der Waals surface area contributed by atoms with Crippen molar-refractivity contribution in [3.63, 3.8) is 0 Å². The summed E-state index contributed by atoms with van der Waals surface area (Å²) >= 11 is 0. The Morgan fingerprint density at radius 3 is 2.26 bits per heavy atom. The van der Waals surface area contributed by atoms with E-state index in [1.807, 2.05) is 13.8 Å². The molecule has 3 aliphatic heterocycles. The Labute approximate surface area is 502 Å². The summed E-state index contributed by atoms with van der Waals surface area (Å²) < 4.78 is 39.1. The molecule has 0 bridgehead atoms. The number of nitrogens with one attached hydrogen (secondary N) is 7. The van der Waals surface area contributed by atoms with Gasteiger partial charge in [0.25, 0.3) is 17.4 Å². The minimum Gasteiger partial charge on any atom is -0.458 e. The van der Waals surface area contributed by atoms with Gasteiger partial charge in [-0.3, -0.25) is 48.1 Å². The molecule has 6 atom stereocenters. The van der Waals surface area contributed by atoms with Crippen molar-refractivity contribution in [2.45, 2.75) is 134 Å². The number of cyclic esters (lactones) is 1. The highest BCUT2D eigenvalue weighted by atomic mass is 19.1. The zero-order valence-electron chi connectivity index (χ0n) is 49.6. The Morgan fingerprint density at radius 2 is 1.57 bits per heavy atom. The minimum atomic E-state index is -2.07. The quantitative estimate of drug-likeness (QED) is 0.0109.